The molecule has 244 valence electrons. The highest BCUT2D eigenvalue weighted by atomic mass is 35.5. The van der Waals surface area contributed by atoms with Crippen LogP contribution in [0.3, 0.4) is 0 Å². The van der Waals surface area contributed by atoms with Gasteiger partial charge in [0.15, 0.2) is 5.16 Å². The molecule has 2 atom stereocenters. The molecule has 3 aromatic carbocycles. The number of thioether (sulfide) groups is 1. The third-order valence-electron chi connectivity index (χ3n) is 8.41. The van der Waals surface area contributed by atoms with Crippen LogP contribution in [0.2, 0.25) is 10.0 Å². The number of aryl methyl sites for hydroxylation is 1. The minimum absolute atomic E-state index is 0.278. The molecule has 0 saturated carbocycles. The van der Waals surface area contributed by atoms with E-state index < -0.39 is 5.79 Å². The minimum atomic E-state index is -1.15. The molecule has 2 aliphatic heterocycles. The third kappa shape index (κ3) is 6.79. The Morgan fingerprint density at radius 1 is 0.915 bits per heavy atom. The van der Waals surface area contributed by atoms with Gasteiger partial charge in [-0.3, -0.25) is 4.57 Å². The van der Waals surface area contributed by atoms with E-state index in [4.69, 9.17) is 37.4 Å². The SMILES string of the molecule is CSc1nnc(C)n1-c1ccc(N2CCN(c3ccc(OC[C@@H]4CO[C@@](Cn5cncn5)(c5ccc(Cl)cc5Cl)O4)cc3)CC2)cc1. The Morgan fingerprint density at radius 2 is 1.60 bits per heavy atom. The van der Waals surface area contributed by atoms with Crippen molar-refractivity contribution in [3.8, 4) is 11.4 Å². The molecule has 0 bridgehead atoms. The lowest BCUT2D eigenvalue weighted by molar-refractivity contribution is -0.190. The number of hydrogen-bond donors (Lipinski definition) is 0. The molecule has 2 aromatic heterocycles. The number of ether oxygens (including phenoxy) is 3. The maximum Gasteiger partial charge on any atom is 0.217 e. The Kier molecular flexibility index (Phi) is 9.29. The lowest BCUT2D eigenvalue weighted by Gasteiger charge is -2.37. The fraction of sp³-hybridized carbons (Fsp3) is 0.333. The Hall–Kier alpha value is -3.81. The maximum absolute atomic E-state index is 6.58. The number of anilines is 2. The van der Waals surface area contributed by atoms with Crippen molar-refractivity contribution in [1.29, 1.82) is 0 Å². The zero-order valence-electron chi connectivity index (χ0n) is 26.0. The molecule has 0 unspecified atom stereocenters. The molecule has 47 heavy (non-hydrogen) atoms. The van der Waals surface area contributed by atoms with Crippen molar-refractivity contribution >= 4 is 46.3 Å². The number of piperazine rings is 1. The summed E-state index contributed by atoms with van der Waals surface area (Å²) in [6.07, 6.45) is 4.78. The summed E-state index contributed by atoms with van der Waals surface area (Å²) in [7, 11) is 0. The van der Waals surface area contributed by atoms with Gasteiger partial charge in [-0.15, -0.1) is 10.2 Å². The van der Waals surface area contributed by atoms with Crippen molar-refractivity contribution in [3.05, 3.63) is 101 Å². The van der Waals surface area contributed by atoms with E-state index in [1.807, 2.05) is 31.4 Å². The standard InChI is InChI=1S/C33H34Cl2N8O3S/c1-23-38-39-32(47-2)43(23)27-6-4-25(5-7-27)40-13-15-41(16-14-40)26-8-10-28(11-9-26)44-18-29-19-45-33(46-29,20-42-22-36-21-37-42)30-12-3-24(34)17-31(30)35/h3-12,17,21-22,29H,13-16,18-20H2,1-2H3/t29-,33-/m1/s1. The average Bonchev–Trinajstić information content (AvgIpc) is 3.85. The number of halogens is 2. The van der Waals surface area contributed by atoms with Crippen LogP contribution in [0.1, 0.15) is 11.4 Å². The van der Waals surface area contributed by atoms with Crippen LogP contribution in [0, 0.1) is 6.92 Å². The van der Waals surface area contributed by atoms with Crippen LogP contribution in [0.5, 0.6) is 5.75 Å². The van der Waals surface area contributed by atoms with Crippen LogP contribution < -0.4 is 14.5 Å². The summed E-state index contributed by atoms with van der Waals surface area (Å²) >= 11 is 14.3. The average molecular weight is 694 g/mol. The summed E-state index contributed by atoms with van der Waals surface area (Å²) < 4.78 is 22.6. The van der Waals surface area contributed by atoms with Gasteiger partial charge in [0.1, 0.15) is 43.5 Å². The molecule has 14 heteroatoms. The van der Waals surface area contributed by atoms with E-state index in [-0.39, 0.29) is 12.6 Å². The molecule has 5 aromatic rings. The van der Waals surface area contributed by atoms with E-state index in [0.717, 1.165) is 48.6 Å². The van der Waals surface area contributed by atoms with E-state index in [0.29, 0.717) is 28.8 Å². The summed E-state index contributed by atoms with van der Waals surface area (Å²) in [5, 5.41) is 14.6. The first kappa shape index (κ1) is 31.8. The number of aromatic nitrogens is 6. The van der Waals surface area contributed by atoms with Crippen molar-refractivity contribution in [2.45, 2.75) is 30.5 Å². The van der Waals surface area contributed by atoms with Gasteiger partial charge in [0.25, 0.3) is 0 Å². The number of nitrogens with zero attached hydrogens (tertiary/aromatic N) is 8. The highest BCUT2D eigenvalue weighted by molar-refractivity contribution is 7.98. The summed E-state index contributed by atoms with van der Waals surface area (Å²) in [6, 6.07) is 22.1. The fourth-order valence-corrected chi connectivity index (χ4v) is 7.13. The molecule has 2 fully saturated rings. The zero-order valence-corrected chi connectivity index (χ0v) is 28.3. The molecule has 0 amide bonds. The van der Waals surface area contributed by atoms with E-state index in [1.165, 1.54) is 17.7 Å². The lowest BCUT2D eigenvalue weighted by atomic mass is 10.1. The van der Waals surface area contributed by atoms with Gasteiger partial charge in [-0.2, -0.15) is 5.10 Å². The molecule has 2 aliphatic rings. The minimum Gasteiger partial charge on any atom is -0.491 e. The van der Waals surface area contributed by atoms with Crippen LogP contribution in [0.15, 0.2) is 84.5 Å². The first-order valence-corrected chi connectivity index (χ1v) is 17.3. The van der Waals surface area contributed by atoms with Crippen molar-refractivity contribution in [1.82, 2.24) is 29.5 Å². The molecule has 11 nitrogen and oxygen atoms in total. The lowest BCUT2D eigenvalue weighted by Crippen LogP contribution is -2.46. The Morgan fingerprint density at radius 3 is 2.23 bits per heavy atom. The zero-order chi connectivity index (χ0) is 32.4. The smallest absolute Gasteiger partial charge is 0.217 e. The molecule has 0 spiro atoms. The van der Waals surface area contributed by atoms with Crippen molar-refractivity contribution in [2.24, 2.45) is 0 Å². The topological polar surface area (TPSA) is 95.6 Å². The molecule has 4 heterocycles. The largest absolute Gasteiger partial charge is 0.491 e. The maximum atomic E-state index is 6.58. The third-order valence-corrected chi connectivity index (χ3v) is 9.58. The predicted octanol–water partition coefficient (Wildman–Crippen LogP) is 5.87. The summed E-state index contributed by atoms with van der Waals surface area (Å²) in [5.74, 6) is 0.502. The van der Waals surface area contributed by atoms with Crippen molar-refractivity contribution in [3.63, 3.8) is 0 Å². The first-order chi connectivity index (χ1) is 22.9. The fourth-order valence-electron chi connectivity index (χ4n) is 6.03. The Balaban J connectivity index is 0.933. The number of rotatable bonds is 10. The summed E-state index contributed by atoms with van der Waals surface area (Å²) in [4.78, 5) is 8.88. The normalized spacial score (nSPS) is 19.8. The summed E-state index contributed by atoms with van der Waals surface area (Å²) in [6.45, 7) is 6.63. The monoisotopic (exact) mass is 692 g/mol. The van der Waals surface area contributed by atoms with Gasteiger partial charge < -0.3 is 24.0 Å². The van der Waals surface area contributed by atoms with Crippen molar-refractivity contribution in [2.75, 3.05) is 55.4 Å². The first-order valence-electron chi connectivity index (χ1n) is 15.3. The molecule has 0 radical (unpaired) electrons. The van der Waals surface area contributed by atoms with Crippen LogP contribution in [0.4, 0.5) is 11.4 Å². The van der Waals surface area contributed by atoms with E-state index in [9.17, 15) is 0 Å². The van der Waals surface area contributed by atoms with Crippen LogP contribution in [-0.4, -0.2) is 81.3 Å². The van der Waals surface area contributed by atoms with Crippen LogP contribution >= 0.6 is 35.0 Å². The van der Waals surface area contributed by atoms with Crippen molar-refractivity contribution < 1.29 is 14.2 Å². The van der Waals surface area contributed by atoms with Gasteiger partial charge in [0, 0.05) is 53.8 Å². The van der Waals surface area contributed by atoms with E-state index in [2.05, 4.69) is 71.0 Å². The van der Waals surface area contributed by atoms with Crippen LogP contribution in [0.25, 0.3) is 5.69 Å². The van der Waals surface area contributed by atoms with E-state index >= 15 is 0 Å². The second kappa shape index (κ2) is 13.7. The molecule has 2 saturated heterocycles. The van der Waals surface area contributed by atoms with Gasteiger partial charge in [-0.05, 0) is 73.8 Å². The molecule has 7 rings (SSSR count). The molecular weight excluding hydrogens is 659 g/mol. The van der Waals surface area contributed by atoms with E-state index in [1.54, 1.807) is 34.9 Å². The summed E-state index contributed by atoms with van der Waals surface area (Å²) in [5.41, 5.74) is 4.14. The van der Waals surface area contributed by atoms with Gasteiger partial charge in [-0.25, -0.2) is 9.67 Å². The Bertz CT molecular complexity index is 1800. The highest BCUT2D eigenvalue weighted by Crippen LogP contribution is 2.40. The quantitative estimate of drug-likeness (QED) is 0.165. The molecular formula is C33H34Cl2N8O3S. The van der Waals surface area contributed by atoms with Gasteiger partial charge in [-0.1, -0.05) is 41.0 Å². The number of hydrogen-bond acceptors (Lipinski definition) is 10. The van der Waals surface area contributed by atoms with Gasteiger partial charge in [0.2, 0.25) is 5.79 Å². The number of benzene rings is 3. The molecule has 0 N–H and O–H groups in total. The predicted molar refractivity (Wildman–Crippen MR) is 183 cm³/mol. The van der Waals surface area contributed by atoms with Gasteiger partial charge in [0.05, 0.1) is 11.6 Å². The second-order valence-electron chi connectivity index (χ2n) is 11.4. The van der Waals surface area contributed by atoms with Crippen LogP contribution in [-0.2, 0) is 21.8 Å². The Labute approximate surface area is 287 Å². The van der Waals surface area contributed by atoms with Gasteiger partial charge >= 0.3 is 0 Å². The second-order valence-corrected chi connectivity index (χ2v) is 13.0. The molecule has 0 aliphatic carbocycles. The highest BCUT2D eigenvalue weighted by Gasteiger charge is 2.45.